The Balaban J connectivity index is 2.21. The molecule has 7 nitrogen and oxygen atoms in total. The van der Waals surface area contributed by atoms with Gasteiger partial charge in [0.25, 0.3) is 0 Å². The summed E-state index contributed by atoms with van der Waals surface area (Å²) in [6, 6.07) is -0.257. The minimum absolute atomic E-state index is 0.0205. The van der Waals surface area contributed by atoms with E-state index < -0.39 is 14.1 Å². The van der Waals surface area contributed by atoms with Crippen molar-refractivity contribution in [2.45, 2.75) is 96.3 Å². The van der Waals surface area contributed by atoms with Crippen LogP contribution in [0.4, 0.5) is 0 Å². The number of nitrogens with zero attached hydrogens (tertiary/aromatic N) is 1. The van der Waals surface area contributed by atoms with Crippen molar-refractivity contribution >= 4 is 20.3 Å². The van der Waals surface area contributed by atoms with E-state index in [-0.39, 0.29) is 41.5 Å². The number of hydrogen-bond acceptors (Lipinski definition) is 7. The largest absolute Gasteiger partial charge is 0.466 e. The summed E-state index contributed by atoms with van der Waals surface area (Å²) >= 11 is 0. The van der Waals surface area contributed by atoms with Crippen molar-refractivity contribution in [3.8, 4) is 0 Å². The van der Waals surface area contributed by atoms with Crippen molar-refractivity contribution < 1.29 is 28.6 Å². The third-order valence-electron chi connectivity index (χ3n) is 6.65. The van der Waals surface area contributed by atoms with Crippen molar-refractivity contribution in [1.29, 1.82) is 0 Å². The predicted octanol–water partition coefficient (Wildman–Crippen LogP) is 3.07. The number of ether oxygens (including phenoxy) is 2. The van der Waals surface area contributed by atoms with Crippen LogP contribution in [0.5, 0.6) is 0 Å². The molecule has 0 aromatic heterocycles. The van der Waals surface area contributed by atoms with Crippen LogP contribution in [0, 0.1) is 5.92 Å². The smallest absolute Gasteiger partial charge is 0.320 e. The fraction of sp³-hybridized carbons (Fsp3) is 0.905. The van der Waals surface area contributed by atoms with Crippen molar-refractivity contribution in [3.63, 3.8) is 0 Å². The highest BCUT2D eigenvalue weighted by atomic mass is 28.4. The molecule has 2 bridgehead atoms. The molecule has 0 aromatic carbocycles. The summed E-state index contributed by atoms with van der Waals surface area (Å²) in [5.41, 5.74) is 0. The summed E-state index contributed by atoms with van der Waals surface area (Å²) in [6.45, 7) is 15.2. The molecule has 2 aliphatic heterocycles. The molecule has 29 heavy (non-hydrogen) atoms. The van der Waals surface area contributed by atoms with Gasteiger partial charge in [0.1, 0.15) is 0 Å². The van der Waals surface area contributed by atoms with E-state index in [9.17, 15) is 14.7 Å². The molecule has 0 aliphatic carbocycles. The van der Waals surface area contributed by atoms with Crippen LogP contribution in [-0.2, 0) is 23.5 Å². The number of hydrogen-bond donors (Lipinski definition) is 1. The van der Waals surface area contributed by atoms with E-state index in [0.717, 1.165) is 0 Å². The molecule has 2 rings (SSSR count). The second-order valence-electron chi connectivity index (χ2n) is 9.92. The average molecular weight is 430 g/mol. The Kier molecular flexibility index (Phi) is 7.57. The van der Waals surface area contributed by atoms with Crippen LogP contribution in [-0.4, -0.2) is 67.9 Å². The molecule has 0 amide bonds. The normalized spacial score (nSPS) is 30.7. The second-order valence-corrected chi connectivity index (χ2v) is 14.6. The van der Waals surface area contributed by atoms with Crippen molar-refractivity contribution in [1.82, 2.24) is 4.90 Å². The molecule has 2 unspecified atom stereocenters. The van der Waals surface area contributed by atoms with Crippen molar-refractivity contribution in [2.24, 2.45) is 5.92 Å². The van der Waals surface area contributed by atoms with Gasteiger partial charge in [0.05, 0.1) is 25.7 Å². The predicted molar refractivity (Wildman–Crippen MR) is 113 cm³/mol. The standard InChI is InChI=1S/C21H39NO6Si/c1-8-26-18(23)14-22-16-10-15(19(24)27-9-2)11-17(22)13-21(25,12-16)28-29(6,7)20(3,4)5/h15-17,25H,8-14H2,1-7H3. The number of esters is 2. The highest BCUT2D eigenvalue weighted by Crippen LogP contribution is 2.46. The summed E-state index contributed by atoms with van der Waals surface area (Å²) in [5, 5.41) is 11.4. The molecule has 2 fully saturated rings. The summed E-state index contributed by atoms with van der Waals surface area (Å²) in [5.74, 6) is -1.90. The zero-order valence-corrected chi connectivity index (χ0v) is 20.1. The Morgan fingerprint density at radius 1 is 1.07 bits per heavy atom. The van der Waals surface area contributed by atoms with Gasteiger partial charge in [-0.3, -0.25) is 14.5 Å². The third-order valence-corrected chi connectivity index (χ3v) is 11.2. The first kappa shape index (κ1) is 24.3. The first-order valence-corrected chi connectivity index (χ1v) is 13.7. The van der Waals surface area contributed by atoms with Gasteiger partial charge >= 0.3 is 11.9 Å². The van der Waals surface area contributed by atoms with Crippen LogP contribution >= 0.6 is 0 Å². The highest BCUT2D eigenvalue weighted by molar-refractivity contribution is 6.74. The molecule has 2 aliphatic rings. The fourth-order valence-corrected chi connectivity index (χ4v) is 5.74. The van der Waals surface area contributed by atoms with E-state index in [1.165, 1.54) is 0 Å². The average Bonchev–Trinajstić information content (AvgIpc) is 2.54. The van der Waals surface area contributed by atoms with Gasteiger partial charge in [-0.1, -0.05) is 20.8 Å². The number of rotatable bonds is 7. The molecule has 2 atom stereocenters. The summed E-state index contributed by atoms with van der Waals surface area (Å²) in [6.07, 6.45) is 1.87. The summed E-state index contributed by atoms with van der Waals surface area (Å²) in [4.78, 5) is 26.6. The van der Waals surface area contributed by atoms with Crippen LogP contribution < -0.4 is 0 Å². The monoisotopic (exact) mass is 429 g/mol. The Morgan fingerprint density at radius 3 is 2.03 bits per heavy atom. The molecular formula is C21H39NO6Si. The molecule has 0 saturated carbocycles. The van der Waals surface area contributed by atoms with Crippen LogP contribution in [0.3, 0.4) is 0 Å². The minimum Gasteiger partial charge on any atom is -0.466 e. The Labute approximate surface area is 176 Å². The quantitative estimate of drug-likeness (QED) is 0.378. The van der Waals surface area contributed by atoms with Gasteiger partial charge in [-0.2, -0.15) is 0 Å². The van der Waals surface area contributed by atoms with E-state index in [4.69, 9.17) is 13.9 Å². The van der Waals surface area contributed by atoms with E-state index in [0.29, 0.717) is 38.9 Å². The first-order valence-electron chi connectivity index (χ1n) is 10.8. The van der Waals surface area contributed by atoms with E-state index in [2.05, 4.69) is 38.8 Å². The van der Waals surface area contributed by atoms with E-state index >= 15 is 0 Å². The van der Waals surface area contributed by atoms with Crippen molar-refractivity contribution in [3.05, 3.63) is 0 Å². The SMILES string of the molecule is CCOC(=O)CN1C2CC(C(=O)OCC)CC1CC(O)(O[Si](C)(C)C(C)(C)C)C2. The number of fused-ring (bicyclic) bond motifs is 2. The second kappa shape index (κ2) is 9.04. The zero-order chi connectivity index (χ0) is 22.0. The molecule has 8 heteroatoms. The maximum absolute atomic E-state index is 12.4. The highest BCUT2D eigenvalue weighted by Gasteiger charge is 2.53. The summed E-state index contributed by atoms with van der Waals surface area (Å²) in [7, 11) is -2.18. The molecule has 1 N–H and O–H groups in total. The van der Waals surface area contributed by atoms with Gasteiger partial charge < -0.3 is 19.0 Å². The van der Waals surface area contributed by atoms with E-state index in [1.807, 2.05) is 0 Å². The lowest BCUT2D eigenvalue weighted by Gasteiger charge is -2.55. The van der Waals surface area contributed by atoms with Gasteiger partial charge in [0, 0.05) is 24.9 Å². The number of carbonyl (C=O) groups excluding carboxylic acids is 2. The van der Waals surface area contributed by atoms with Crippen LogP contribution in [0.25, 0.3) is 0 Å². The van der Waals surface area contributed by atoms with Gasteiger partial charge in [-0.05, 0) is 44.8 Å². The number of carbonyl (C=O) groups is 2. The fourth-order valence-electron chi connectivity index (χ4n) is 4.32. The number of aliphatic hydroxyl groups is 1. The van der Waals surface area contributed by atoms with E-state index in [1.54, 1.807) is 13.8 Å². The Bertz CT molecular complexity index is 586. The van der Waals surface area contributed by atoms with Crippen LogP contribution in [0.2, 0.25) is 18.1 Å². The molecule has 0 spiro atoms. The van der Waals surface area contributed by atoms with Gasteiger partial charge in [-0.15, -0.1) is 0 Å². The molecule has 2 saturated heterocycles. The molecule has 2 heterocycles. The van der Waals surface area contributed by atoms with Crippen LogP contribution in [0.15, 0.2) is 0 Å². The lowest BCUT2D eigenvalue weighted by Crippen LogP contribution is -2.64. The van der Waals surface area contributed by atoms with Gasteiger partial charge in [0.2, 0.25) is 0 Å². The number of piperidine rings is 2. The Hall–Kier alpha value is -0.963. The van der Waals surface area contributed by atoms with Gasteiger partial charge in [0.15, 0.2) is 14.1 Å². The molecule has 168 valence electrons. The maximum atomic E-state index is 12.4. The first-order chi connectivity index (χ1) is 13.3. The summed E-state index contributed by atoms with van der Waals surface area (Å²) < 4.78 is 16.8. The minimum atomic E-state index is -2.18. The molecule has 0 aromatic rings. The topological polar surface area (TPSA) is 85.3 Å². The maximum Gasteiger partial charge on any atom is 0.320 e. The van der Waals surface area contributed by atoms with Crippen LogP contribution in [0.1, 0.15) is 60.3 Å². The van der Waals surface area contributed by atoms with Crippen molar-refractivity contribution in [2.75, 3.05) is 19.8 Å². The third kappa shape index (κ3) is 5.80. The molecule has 0 radical (unpaired) electrons. The lowest BCUT2D eigenvalue weighted by molar-refractivity contribution is -0.217. The zero-order valence-electron chi connectivity index (χ0n) is 19.1. The van der Waals surface area contributed by atoms with Gasteiger partial charge in [-0.25, -0.2) is 0 Å². The lowest BCUT2D eigenvalue weighted by atomic mass is 9.76. The molecular weight excluding hydrogens is 390 g/mol. The Morgan fingerprint density at radius 2 is 1.59 bits per heavy atom.